The lowest BCUT2D eigenvalue weighted by atomic mass is 10.0. The van der Waals surface area contributed by atoms with Crippen molar-refractivity contribution >= 4 is 21.7 Å². The minimum atomic E-state index is 0.453. The molecule has 5 nitrogen and oxygen atoms in total. The SMILES string of the molecule is COc1cc(C)c(-c2c(Br)c(N)nn2C)c(OC)c1. The smallest absolute Gasteiger partial charge is 0.160 e. The van der Waals surface area contributed by atoms with Crippen LogP contribution in [0.3, 0.4) is 0 Å². The molecule has 0 saturated heterocycles. The zero-order valence-electron chi connectivity index (χ0n) is 11.3. The van der Waals surface area contributed by atoms with Crippen LogP contribution in [0.25, 0.3) is 11.3 Å². The molecule has 0 saturated carbocycles. The average Bonchev–Trinajstić information content (AvgIpc) is 2.63. The number of halogens is 1. The summed E-state index contributed by atoms with van der Waals surface area (Å²) in [6.45, 7) is 2.00. The molecule has 1 aromatic carbocycles. The molecule has 2 rings (SSSR count). The largest absolute Gasteiger partial charge is 0.497 e. The number of benzene rings is 1. The van der Waals surface area contributed by atoms with E-state index in [9.17, 15) is 0 Å². The Kier molecular flexibility index (Phi) is 3.71. The summed E-state index contributed by atoms with van der Waals surface area (Å²) >= 11 is 3.48. The molecule has 0 aliphatic rings. The summed E-state index contributed by atoms with van der Waals surface area (Å²) < 4.78 is 13.2. The molecule has 0 aliphatic heterocycles. The lowest BCUT2D eigenvalue weighted by molar-refractivity contribution is 0.394. The molecule has 19 heavy (non-hydrogen) atoms. The van der Waals surface area contributed by atoms with Crippen LogP contribution >= 0.6 is 15.9 Å². The van der Waals surface area contributed by atoms with Gasteiger partial charge in [0.1, 0.15) is 11.5 Å². The van der Waals surface area contributed by atoms with E-state index in [0.29, 0.717) is 5.82 Å². The third-order valence-corrected chi connectivity index (χ3v) is 3.76. The minimum absolute atomic E-state index is 0.453. The molecule has 1 heterocycles. The van der Waals surface area contributed by atoms with Gasteiger partial charge in [0.25, 0.3) is 0 Å². The van der Waals surface area contributed by atoms with Gasteiger partial charge in [0.15, 0.2) is 5.82 Å². The van der Waals surface area contributed by atoms with Crippen LogP contribution in [0, 0.1) is 6.92 Å². The van der Waals surface area contributed by atoms with E-state index in [4.69, 9.17) is 15.2 Å². The molecule has 0 amide bonds. The van der Waals surface area contributed by atoms with Gasteiger partial charge in [-0.1, -0.05) is 0 Å². The maximum Gasteiger partial charge on any atom is 0.160 e. The van der Waals surface area contributed by atoms with Crippen LogP contribution in [0.4, 0.5) is 5.82 Å². The van der Waals surface area contributed by atoms with Gasteiger partial charge in [-0.05, 0) is 34.5 Å². The second-order valence-electron chi connectivity index (χ2n) is 4.19. The molecule has 0 fully saturated rings. The highest BCUT2D eigenvalue weighted by Gasteiger charge is 2.20. The number of hydrogen-bond acceptors (Lipinski definition) is 4. The van der Waals surface area contributed by atoms with Crippen LogP contribution in [0.5, 0.6) is 11.5 Å². The van der Waals surface area contributed by atoms with E-state index in [1.807, 2.05) is 26.1 Å². The van der Waals surface area contributed by atoms with E-state index in [2.05, 4.69) is 21.0 Å². The third kappa shape index (κ3) is 2.28. The van der Waals surface area contributed by atoms with Crippen molar-refractivity contribution in [3.63, 3.8) is 0 Å². The van der Waals surface area contributed by atoms with Gasteiger partial charge in [0, 0.05) is 18.7 Å². The Morgan fingerprint density at radius 2 is 1.95 bits per heavy atom. The number of ether oxygens (including phenoxy) is 2. The predicted molar refractivity (Wildman–Crippen MR) is 78.6 cm³/mol. The molecular weight excluding hydrogens is 310 g/mol. The molecule has 0 unspecified atom stereocenters. The lowest BCUT2D eigenvalue weighted by Gasteiger charge is -2.14. The quantitative estimate of drug-likeness (QED) is 0.942. The van der Waals surface area contributed by atoms with Gasteiger partial charge in [0.2, 0.25) is 0 Å². The van der Waals surface area contributed by atoms with Gasteiger partial charge in [-0.3, -0.25) is 4.68 Å². The number of aryl methyl sites for hydroxylation is 2. The predicted octanol–water partition coefficient (Wildman–Crippen LogP) is 2.76. The molecule has 0 radical (unpaired) electrons. The first kappa shape index (κ1) is 13.7. The Hall–Kier alpha value is -1.69. The number of anilines is 1. The normalized spacial score (nSPS) is 10.6. The highest BCUT2D eigenvalue weighted by molar-refractivity contribution is 9.10. The second-order valence-corrected chi connectivity index (χ2v) is 4.99. The summed E-state index contributed by atoms with van der Waals surface area (Å²) in [5, 5.41) is 4.21. The number of aromatic nitrogens is 2. The zero-order chi connectivity index (χ0) is 14.2. The Morgan fingerprint density at radius 3 is 2.42 bits per heavy atom. The standard InChI is InChI=1S/C13H16BrN3O2/c1-7-5-8(18-3)6-9(19-4)10(7)12-11(14)13(15)16-17(12)2/h5-6H,1-4H3,(H2,15,16). The van der Waals surface area contributed by atoms with Gasteiger partial charge in [-0.2, -0.15) is 5.10 Å². The highest BCUT2D eigenvalue weighted by Crippen LogP contribution is 2.41. The van der Waals surface area contributed by atoms with Crippen molar-refractivity contribution in [3.8, 4) is 22.8 Å². The van der Waals surface area contributed by atoms with Crippen molar-refractivity contribution in [1.29, 1.82) is 0 Å². The van der Waals surface area contributed by atoms with Crippen LogP contribution in [0.2, 0.25) is 0 Å². The molecule has 2 N–H and O–H groups in total. The summed E-state index contributed by atoms with van der Waals surface area (Å²) in [5.41, 5.74) is 8.69. The number of nitrogen functional groups attached to an aromatic ring is 1. The van der Waals surface area contributed by atoms with Crippen molar-refractivity contribution in [2.45, 2.75) is 6.92 Å². The Morgan fingerprint density at radius 1 is 1.26 bits per heavy atom. The molecule has 102 valence electrons. The van der Waals surface area contributed by atoms with E-state index in [1.54, 1.807) is 18.9 Å². The number of methoxy groups -OCH3 is 2. The molecule has 0 bridgehead atoms. The van der Waals surface area contributed by atoms with Crippen LogP contribution in [-0.2, 0) is 7.05 Å². The Labute approximate surface area is 120 Å². The van der Waals surface area contributed by atoms with Crippen molar-refractivity contribution in [3.05, 3.63) is 22.2 Å². The first-order chi connectivity index (χ1) is 8.99. The van der Waals surface area contributed by atoms with Gasteiger partial charge >= 0.3 is 0 Å². The molecule has 0 spiro atoms. The van der Waals surface area contributed by atoms with Gasteiger partial charge in [-0.25, -0.2) is 0 Å². The number of rotatable bonds is 3. The summed E-state index contributed by atoms with van der Waals surface area (Å²) in [4.78, 5) is 0. The number of hydrogen-bond donors (Lipinski definition) is 1. The van der Waals surface area contributed by atoms with Crippen LogP contribution in [0.1, 0.15) is 5.56 Å². The molecule has 0 aliphatic carbocycles. The Balaban J connectivity index is 2.74. The molecule has 2 aromatic rings. The number of nitrogens with two attached hydrogens (primary N) is 1. The van der Waals surface area contributed by atoms with Crippen molar-refractivity contribution in [2.24, 2.45) is 7.05 Å². The first-order valence-electron chi connectivity index (χ1n) is 5.70. The molecule has 1 aromatic heterocycles. The molecule has 6 heteroatoms. The summed E-state index contributed by atoms with van der Waals surface area (Å²) in [6, 6.07) is 3.80. The summed E-state index contributed by atoms with van der Waals surface area (Å²) in [7, 11) is 5.11. The average molecular weight is 326 g/mol. The fourth-order valence-electron chi connectivity index (χ4n) is 2.10. The van der Waals surface area contributed by atoms with Gasteiger partial charge in [0.05, 0.1) is 24.4 Å². The fraction of sp³-hybridized carbons (Fsp3) is 0.308. The van der Waals surface area contributed by atoms with Crippen molar-refractivity contribution in [1.82, 2.24) is 9.78 Å². The van der Waals surface area contributed by atoms with E-state index >= 15 is 0 Å². The van der Waals surface area contributed by atoms with Crippen LogP contribution in [0.15, 0.2) is 16.6 Å². The lowest BCUT2D eigenvalue weighted by Crippen LogP contribution is -1.99. The third-order valence-electron chi connectivity index (χ3n) is 2.98. The van der Waals surface area contributed by atoms with Gasteiger partial charge in [-0.15, -0.1) is 0 Å². The highest BCUT2D eigenvalue weighted by atomic mass is 79.9. The first-order valence-corrected chi connectivity index (χ1v) is 6.49. The maximum absolute atomic E-state index is 5.83. The number of nitrogens with zero attached hydrogens (tertiary/aromatic N) is 2. The zero-order valence-corrected chi connectivity index (χ0v) is 12.9. The Bertz CT molecular complexity index is 623. The van der Waals surface area contributed by atoms with E-state index in [0.717, 1.165) is 32.8 Å². The van der Waals surface area contributed by atoms with Gasteiger partial charge < -0.3 is 15.2 Å². The van der Waals surface area contributed by atoms with Crippen molar-refractivity contribution in [2.75, 3.05) is 20.0 Å². The monoisotopic (exact) mass is 325 g/mol. The molecular formula is C13H16BrN3O2. The van der Waals surface area contributed by atoms with E-state index in [1.165, 1.54) is 0 Å². The van der Waals surface area contributed by atoms with E-state index in [-0.39, 0.29) is 0 Å². The van der Waals surface area contributed by atoms with Crippen LogP contribution < -0.4 is 15.2 Å². The second kappa shape index (κ2) is 5.13. The fourth-order valence-corrected chi connectivity index (χ4v) is 2.63. The molecule has 0 atom stereocenters. The van der Waals surface area contributed by atoms with Crippen molar-refractivity contribution < 1.29 is 9.47 Å². The van der Waals surface area contributed by atoms with Crippen LogP contribution in [-0.4, -0.2) is 24.0 Å². The summed E-state index contributed by atoms with van der Waals surface area (Å²) in [6.07, 6.45) is 0. The van der Waals surface area contributed by atoms with E-state index < -0.39 is 0 Å². The maximum atomic E-state index is 5.83. The topological polar surface area (TPSA) is 62.3 Å². The minimum Gasteiger partial charge on any atom is -0.497 e. The summed E-state index contributed by atoms with van der Waals surface area (Å²) in [5.74, 6) is 1.93.